The van der Waals surface area contributed by atoms with E-state index in [0.29, 0.717) is 11.3 Å². The number of anilines is 1. The minimum Gasteiger partial charge on any atom is -0.449 e. The minimum atomic E-state index is -0.929. The van der Waals surface area contributed by atoms with Crippen molar-refractivity contribution < 1.29 is 14.3 Å². The van der Waals surface area contributed by atoms with Crippen molar-refractivity contribution in [2.45, 2.75) is 20.0 Å². The zero-order valence-electron chi connectivity index (χ0n) is 16.3. The van der Waals surface area contributed by atoms with Crippen LogP contribution in [0.3, 0.4) is 0 Å². The largest absolute Gasteiger partial charge is 0.449 e. The van der Waals surface area contributed by atoms with Crippen molar-refractivity contribution in [2.75, 3.05) is 5.32 Å². The molecule has 4 nitrogen and oxygen atoms in total. The highest BCUT2D eigenvalue weighted by Crippen LogP contribution is 2.29. The summed E-state index contributed by atoms with van der Waals surface area (Å²) in [5.74, 6) is -0.878. The average molecular weight is 383 g/mol. The summed E-state index contributed by atoms with van der Waals surface area (Å²) in [4.78, 5) is 25.6. The molecule has 0 spiro atoms. The van der Waals surface area contributed by atoms with E-state index >= 15 is 0 Å². The van der Waals surface area contributed by atoms with E-state index in [1.54, 1.807) is 6.92 Å². The van der Waals surface area contributed by atoms with Crippen molar-refractivity contribution >= 4 is 39.1 Å². The number of amides is 1. The molecule has 1 atom stereocenters. The molecular weight excluding hydrogens is 362 g/mol. The van der Waals surface area contributed by atoms with Crippen molar-refractivity contribution in [1.29, 1.82) is 0 Å². The van der Waals surface area contributed by atoms with Gasteiger partial charge in [0.1, 0.15) is 0 Å². The molecule has 4 aromatic carbocycles. The predicted octanol–water partition coefficient (Wildman–Crippen LogP) is 5.49. The summed E-state index contributed by atoms with van der Waals surface area (Å²) in [5.41, 5.74) is 2.25. The molecule has 0 saturated heterocycles. The Morgan fingerprint density at radius 2 is 1.38 bits per heavy atom. The molecule has 144 valence electrons. The summed E-state index contributed by atoms with van der Waals surface area (Å²) in [6, 6.07) is 24.9. The minimum absolute atomic E-state index is 0.369. The van der Waals surface area contributed by atoms with Crippen LogP contribution < -0.4 is 5.32 Å². The van der Waals surface area contributed by atoms with Crippen LogP contribution in [0.4, 0.5) is 5.69 Å². The molecule has 0 aliphatic rings. The van der Waals surface area contributed by atoms with Gasteiger partial charge in [0.25, 0.3) is 5.91 Å². The van der Waals surface area contributed by atoms with E-state index in [2.05, 4.69) is 11.4 Å². The van der Waals surface area contributed by atoms with Crippen molar-refractivity contribution in [1.82, 2.24) is 0 Å². The number of rotatable bonds is 4. The van der Waals surface area contributed by atoms with Gasteiger partial charge in [-0.2, -0.15) is 0 Å². The highest BCUT2D eigenvalue weighted by Gasteiger charge is 2.22. The molecule has 0 heterocycles. The second kappa shape index (κ2) is 7.76. The highest BCUT2D eigenvalue weighted by molar-refractivity contribution is 6.17. The van der Waals surface area contributed by atoms with E-state index in [1.165, 1.54) is 0 Å². The summed E-state index contributed by atoms with van der Waals surface area (Å²) in [6.45, 7) is 3.55. The number of esters is 1. The van der Waals surface area contributed by atoms with Crippen LogP contribution in [0.15, 0.2) is 78.9 Å². The van der Waals surface area contributed by atoms with Crippen molar-refractivity contribution in [3.05, 3.63) is 90.0 Å². The van der Waals surface area contributed by atoms with E-state index in [1.807, 2.05) is 79.7 Å². The molecule has 0 aliphatic heterocycles. The first-order chi connectivity index (χ1) is 14.0. The molecule has 0 saturated carbocycles. The molecule has 29 heavy (non-hydrogen) atoms. The Morgan fingerprint density at radius 1 is 0.828 bits per heavy atom. The Labute approximate surface area is 169 Å². The molecule has 0 radical (unpaired) electrons. The van der Waals surface area contributed by atoms with Gasteiger partial charge in [-0.1, -0.05) is 66.2 Å². The van der Waals surface area contributed by atoms with Gasteiger partial charge in [0.15, 0.2) is 6.10 Å². The lowest BCUT2D eigenvalue weighted by atomic mass is 9.97. The van der Waals surface area contributed by atoms with E-state index in [-0.39, 0.29) is 5.91 Å². The molecule has 0 fully saturated rings. The topological polar surface area (TPSA) is 55.4 Å². The quantitative estimate of drug-likeness (QED) is 0.375. The van der Waals surface area contributed by atoms with Crippen LogP contribution in [-0.2, 0) is 9.53 Å². The van der Waals surface area contributed by atoms with Crippen LogP contribution in [0.25, 0.3) is 21.5 Å². The lowest BCUT2D eigenvalue weighted by Gasteiger charge is -2.16. The Hall–Kier alpha value is -3.66. The number of carbonyl (C=O) groups is 2. The smallest absolute Gasteiger partial charge is 0.340 e. The average Bonchev–Trinajstić information content (AvgIpc) is 2.73. The van der Waals surface area contributed by atoms with Crippen LogP contribution in [0.5, 0.6) is 0 Å². The van der Waals surface area contributed by atoms with Gasteiger partial charge in [0, 0.05) is 5.69 Å². The molecule has 0 aromatic heterocycles. The van der Waals surface area contributed by atoms with Gasteiger partial charge in [0.2, 0.25) is 0 Å². The number of benzene rings is 4. The summed E-state index contributed by atoms with van der Waals surface area (Å²) in [6.07, 6.45) is -0.929. The van der Waals surface area contributed by atoms with E-state index in [0.717, 1.165) is 27.1 Å². The van der Waals surface area contributed by atoms with E-state index in [4.69, 9.17) is 4.74 Å². The van der Waals surface area contributed by atoms with Gasteiger partial charge < -0.3 is 10.1 Å². The Morgan fingerprint density at radius 3 is 1.97 bits per heavy atom. The summed E-state index contributed by atoms with van der Waals surface area (Å²) in [5, 5.41) is 6.31. The van der Waals surface area contributed by atoms with Gasteiger partial charge in [-0.05, 0) is 53.6 Å². The first kappa shape index (κ1) is 18.7. The maximum atomic E-state index is 13.1. The number of hydrogen-bond donors (Lipinski definition) is 1. The SMILES string of the molecule is Cc1ccc(NC(=O)[C@@H](C)OC(=O)c2c3ccccc3cc3ccccc23)cc1. The standard InChI is InChI=1S/C25H21NO3/c1-16-11-13-20(14-12-16)26-24(27)17(2)29-25(28)23-21-9-5-3-7-18(21)15-19-8-4-6-10-22(19)23/h3-15,17H,1-2H3,(H,26,27)/t17-/m1/s1. The fraction of sp³-hybridized carbons (Fsp3) is 0.120. The first-order valence-corrected chi connectivity index (χ1v) is 9.52. The zero-order chi connectivity index (χ0) is 20.4. The fourth-order valence-corrected chi connectivity index (χ4v) is 3.39. The third kappa shape index (κ3) is 3.83. The van der Waals surface area contributed by atoms with Crippen LogP contribution in [0, 0.1) is 6.92 Å². The van der Waals surface area contributed by atoms with Crippen LogP contribution in [0.1, 0.15) is 22.8 Å². The Kier molecular flexibility index (Phi) is 5.00. The van der Waals surface area contributed by atoms with E-state index in [9.17, 15) is 9.59 Å². The molecule has 1 amide bonds. The molecule has 4 heteroatoms. The second-order valence-electron chi connectivity index (χ2n) is 7.10. The fourth-order valence-electron chi connectivity index (χ4n) is 3.39. The molecule has 1 N–H and O–H groups in total. The molecule has 0 bridgehead atoms. The summed E-state index contributed by atoms with van der Waals surface area (Å²) < 4.78 is 5.56. The third-order valence-corrected chi connectivity index (χ3v) is 4.95. The van der Waals surface area contributed by atoms with Crippen molar-refractivity contribution in [3.8, 4) is 0 Å². The molecule has 0 aliphatic carbocycles. The number of aryl methyl sites for hydroxylation is 1. The third-order valence-electron chi connectivity index (χ3n) is 4.95. The zero-order valence-corrected chi connectivity index (χ0v) is 16.3. The monoisotopic (exact) mass is 383 g/mol. The number of ether oxygens (including phenoxy) is 1. The summed E-state index contributed by atoms with van der Waals surface area (Å²) in [7, 11) is 0. The Balaban J connectivity index is 1.62. The second-order valence-corrected chi connectivity index (χ2v) is 7.10. The van der Waals surface area contributed by atoms with E-state index < -0.39 is 12.1 Å². The van der Waals surface area contributed by atoms with Gasteiger partial charge in [-0.3, -0.25) is 4.79 Å². The maximum absolute atomic E-state index is 13.1. The number of nitrogens with one attached hydrogen (secondary N) is 1. The Bertz CT molecular complexity index is 1160. The molecule has 0 unspecified atom stereocenters. The number of hydrogen-bond acceptors (Lipinski definition) is 3. The van der Waals surface area contributed by atoms with Crippen LogP contribution in [-0.4, -0.2) is 18.0 Å². The maximum Gasteiger partial charge on any atom is 0.340 e. The lowest BCUT2D eigenvalue weighted by molar-refractivity contribution is -0.123. The number of carbonyl (C=O) groups excluding carboxylic acids is 2. The summed E-state index contributed by atoms with van der Waals surface area (Å²) >= 11 is 0. The van der Waals surface area contributed by atoms with Crippen LogP contribution in [0.2, 0.25) is 0 Å². The van der Waals surface area contributed by atoms with Crippen molar-refractivity contribution in [2.24, 2.45) is 0 Å². The molecule has 4 aromatic rings. The van der Waals surface area contributed by atoms with Gasteiger partial charge in [0.05, 0.1) is 5.56 Å². The van der Waals surface area contributed by atoms with Gasteiger partial charge >= 0.3 is 5.97 Å². The normalized spacial score (nSPS) is 11.9. The molecular formula is C25H21NO3. The van der Waals surface area contributed by atoms with Crippen LogP contribution >= 0.6 is 0 Å². The van der Waals surface area contributed by atoms with Gasteiger partial charge in [-0.25, -0.2) is 4.79 Å². The van der Waals surface area contributed by atoms with Gasteiger partial charge in [-0.15, -0.1) is 0 Å². The molecule has 4 rings (SSSR count). The first-order valence-electron chi connectivity index (χ1n) is 9.52. The number of fused-ring (bicyclic) bond motifs is 2. The highest BCUT2D eigenvalue weighted by atomic mass is 16.5. The lowest BCUT2D eigenvalue weighted by Crippen LogP contribution is -2.30. The predicted molar refractivity (Wildman–Crippen MR) is 116 cm³/mol. The van der Waals surface area contributed by atoms with Crippen molar-refractivity contribution in [3.63, 3.8) is 0 Å².